The third-order valence-electron chi connectivity index (χ3n) is 4.10. The van der Waals surface area contributed by atoms with Crippen LogP contribution < -0.4 is 5.32 Å². The molecule has 3 aliphatic rings. The van der Waals surface area contributed by atoms with Crippen LogP contribution in [0.4, 0.5) is 0 Å². The molecule has 1 atom stereocenters. The third kappa shape index (κ3) is 2.03. The Bertz CT molecular complexity index is 279. The predicted molar refractivity (Wildman–Crippen MR) is 66.4 cm³/mol. The minimum atomic E-state index is 0.702. The number of thioether (sulfide) groups is 1. The van der Waals surface area contributed by atoms with Gasteiger partial charge in [0.2, 0.25) is 0 Å². The molecule has 0 spiro atoms. The van der Waals surface area contributed by atoms with Crippen molar-refractivity contribution in [2.45, 2.75) is 44.3 Å². The molecule has 2 nitrogen and oxygen atoms in total. The summed E-state index contributed by atoms with van der Waals surface area (Å²) >= 11 is 1.95. The summed E-state index contributed by atoms with van der Waals surface area (Å²) < 4.78 is 0. The van der Waals surface area contributed by atoms with Crippen LogP contribution in [0.2, 0.25) is 0 Å². The Hall–Kier alpha value is -0.180. The summed E-state index contributed by atoms with van der Waals surface area (Å²) in [6.45, 7) is 4.47. The van der Waals surface area contributed by atoms with Crippen LogP contribution in [-0.4, -0.2) is 23.5 Å². The van der Waals surface area contributed by atoms with E-state index < -0.39 is 0 Å². The number of rotatable bonds is 4. The molecule has 0 aromatic carbocycles. The smallest absolute Gasteiger partial charge is 0.156 e. The second-order valence-corrected chi connectivity index (χ2v) is 6.57. The zero-order chi connectivity index (χ0) is 10.3. The molecular formula is C12H20N2S. The topological polar surface area (TPSA) is 24.4 Å². The summed E-state index contributed by atoms with van der Waals surface area (Å²) in [5, 5.41) is 5.54. The summed E-state index contributed by atoms with van der Waals surface area (Å²) in [6.07, 6.45) is 7.13. The van der Waals surface area contributed by atoms with Crippen molar-refractivity contribution in [3.05, 3.63) is 0 Å². The second kappa shape index (κ2) is 3.69. The van der Waals surface area contributed by atoms with E-state index in [9.17, 15) is 0 Å². The number of nitrogens with zero attached hydrogens (tertiary/aromatic N) is 1. The molecule has 1 unspecified atom stereocenters. The molecule has 1 aliphatic heterocycles. The quantitative estimate of drug-likeness (QED) is 0.794. The molecule has 2 saturated carbocycles. The fourth-order valence-electron chi connectivity index (χ4n) is 2.56. The van der Waals surface area contributed by atoms with Gasteiger partial charge in [-0.15, -0.1) is 0 Å². The van der Waals surface area contributed by atoms with E-state index in [1.807, 2.05) is 11.8 Å². The van der Waals surface area contributed by atoms with Crippen molar-refractivity contribution < 1.29 is 0 Å². The highest BCUT2D eigenvalue weighted by Gasteiger charge is 2.53. The van der Waals surface area contributed by atoms with Crippen molar-refractivity contribution in [2.24, 2.45) is 16.3 Å². The highest BCUT2D eigenvalue weighted by molar-refractivity contribution is 8.14. The SMILES string of the molecule is CCC1CN=C(NCC2(C3CC3)CC2)S1. The van der Waals surface area contributed by atoms with E-state index >= 15 is 0 Å². The Morgan fingerprint density at radius 3 is 2.80 bits per heavy atom. The molecule has 84 valence electrons. The number of hydrogen-bond acceptors (Lipinski definition) is 3. The first-order valence-corrected chi connectivity index (χ1v) is 7.15. The van der Waals surface area contributed by atoms with Crippen LogP contribution in [0.1, 0.15) is 39.0 Å². The summed E-state index contributed by atoms with van der Waals surface area (Å²) in [5.41, 5.74) is 0.702. The van der Waals surface area contributed by atoms with Crippen molar-refractivity contribution in [3.8, 4) is 0 Å². The van der Waals surface area contributed by atoms with Crippen LogP contribution in [0.3, 0.4) is 0 Å². The molecule has 2 aliphatic carbocycles. The first kappa shape index (κ1) is 10.0. The molecular weight excluding hydrogens is 204 g/mol. The van der Waals surface area contributed by atoms with Gasteiger partial charge in [0.1, 0.15) is 0 Å². The fraction of sp³-hybridized carbons (Fsp3) is 0.917. The Morgan fingerprint density at radius 1 is 1.47 bits per heavy atom. The lowest BCUT2D eigenvalue weighted by Crippen LogP contribution is -2.28. The first-order valence-electron chi connectivity index (χ1n) is 6.27. The monoisotopic (exact) mass is 224 g/mol. The van der Waals surface area contributed by atoms with Crippen LogP contribution in [-0.2, 0) is 0 Å². The lowest BCUT2D eigenvalue weighted by molar-refractivity contribution is 0.435. The summed E-state index contributed by atoms with van der Waals surface area (Å²) in [5.74, 6) is 1.05. The molecule has 0 aromatic heterocycles. The minimum absolute atomic E-state index is 0.702. The maximum Gasteiger partial charge on any atom is 0.156 e. The molecule has 0 saturated heterocycles. The molecule has 2 fully saturated rings. The highest BCUT2D eigenvalue weighted by Crippen LogP contribution is 2.60. The maximum atomic E-state index is 4.57. The second-order valence-electron chi connectivity index (χ2n) is 5.28. The molecule has 1 N–H and O–H groups in total. The zero-order valence-corrected chi connectivity index (χ0v) is 10.3. The van der Waals surface area contributed by atoms with Gasteiger partial charge in [-0.1, -0.05) is 18.7 Å². The Labute approximate surface area is 96.3 Å². The number of aliphatic imine (C=N–C) groups is 1. The lowest BCUT2D eigenvalue weighted by atomic mass is 10.0. The van der Waals surface area contributed by atoms with Crippen molar-refractivity contribution >= 4 is 16.9 Å². The number of nitrogens with one attached hydrogen (secondary N) is 1. The lowest BCUT2D eigenvalue weighted by Gasteiger charge is -2.15. The van der Waals surface area contributed by atoms with Gasteiger partial charge < -0.3 is 5.32 Å². The van der Waals surface area contributed by atoms with Gasteiger partial charge in [-0.05, 0) is 43.4 Å². The molecule has 0 bridgehead atoms. The minimum Gasteiger partial charge on any atom is -0.364 e. The van der Waals surface area contributed by atoms with Gasteiger partial charge in [-0.3, -0.25) is 4.99 Å². The number of hydrogen-bond donors (Lipinski definition) is 1. The Kier molecular flexibility index (Phi) is 2.46. The highest BCUT2D eigenvalue weighted by atomic mass is 32.2. The first-order chi connectivity index (χ1) is 7.32. The number of amidine groups is 1. The van der Waals surface area contributed by atoms with E-state index in [1.165, 1.54) is 43.8 Å². The van der Waals surface area contributed by atoms with E-state index in [1.54, 1.807) is 0 Å². The largest absolute Gasteiger partial charge is 0.364 e. The molecule has 0 radical (unpaired) electrons. The van der Waals surface area contributed by atoms with Crippen LogP contribution >= 0.6 is 11.8 Å². The molecule has 3 rings (SSSR count). The van der Waals surface area contributed by atoms with Gasteiger partial charge in [0, 0.05) is 11.8 Å². The molecule has 0 amide bonds. The van der Waals surface area contributed by atoms with Crippen molar-refractivity contribution in [1.29, 1.82) is 0 Å². The standard InChI is InChI=1S/C12H20N2S/c1-2-10-7-13-11(15-10)14-8-12(5-6-12)9-3-4-9/h9-10H,2-8H2,1H3,(H,13,14). The Morgan fingerprint density at radius 2 is 2.27 bits per heavy atom. The summed E-state index contributed by atoms with van der Waals surface area (Å²) in [4.78, 5) is 4.57. The van der Waals surface area contributed by atoms with Gasteiger partial charge in [0.15, 0.2) is 5.17 Å². The van der Waals surface area contributed by atoms with E-state index in [0.29, 0.717) is 5.41 Å². The molecule has 3 heteroatoms. The third-order valence-corrected chi connectivity index (χ3v) is 5.41. The van der Waals surface area contributed by atoms with Crippen molar-refractivity contribution in [3.63, 3.8) is 0 Å². The normalized spacial score (nSPS) is 32.6. The van der Waals surface area contributed by atoms with Gasteiger partial charge >= 0.3 is 0 Å². The fourth-order valence-corrected chi connectivity index (χ4v) is 3.50. The average Bonchev–Trinajstić information content (AvgIpc) is 3.13. The summed E-state index contributed by atoms with van der Waals surface area (Å²) in [6, 6.07) is 0. The van der Waals surface area contributed by atoms with Crippen LogP contribution in [0.25, 0.3) is 0 Å². The predicted octanol–water partition coefficient (Wildman–Crippen LogP) is 2.65. The molecule has 0 aromatic rings. The van der Waals surface area contributed by atoms with Gasteiger partial charge in [0.25, 0.3) is 0 Å². The molecule has 15 heavy (non-hydrogen) atoms. The van der Waals surface area contributed by atoms with E-state index in [0.717, 1.165) is 17.7 Å². The van der Waals surface area contributed by atoms with Crippen LogP contribution in [0, 0.1) is 11.3 Å². The van der Waals surface area contributed by atoms with Gasteiger partial charge in [-0.25, -0.2) is 0 Å². The van der Waals surface area contributed by atoms with Gasteiger partial charge in [0.05, 0.1) is 6.54 Å². The average molecular weight is 224 g/mol. The van der Waals surface area contributed by atoms with Crippen LogP contribution in [0.15, 0.2) is 4.99 Å². The van der Waals surface area contributed by atoms with Crippen LogP contribution in [0.5, 0.6) is 0 Å². The van der Waals surface area contributed by atoms with Gasteiger partial charge in [-0.2, -0.15) is 0 Å². The zero-order valence-electron chi connectivity index (χ0n) is 9.46. The van der Waals surface area contributed by atoms with E-state index in [4.69, 9.17) is 0 Å². The van der Waals surface area contributed by atoms with E-state index in [2.05, 4.69) is 17.2 Å². The molecule has 1 heterocycles. The van der Waals surface area contributed by atoms with Crippen molar-refractivity contribution in [2.75, 3.05) is 13.1 Å². The summed E-state index contributed by atoms with van der Waals surface area (Å²) in [7, 11) is 0. The van der Waals surface area contributed by atoms with E-state index in [-0.39, 0.29) is 0 Å². The Balaban J connectivity index is 1.46. The maximum absolute atomic E-state index is 4.57. The van der Waals surface area contributed by atoms with Crippen molar-refractivity contribution in [1.82, 2.24) is 5.32 Å².